The number of nitrogens with zero attached hydrogens (tertiary/aromatic N) is 2. The molecule has 0 spiro atoms. The van der Waals surface area contributed by atoms with Crippen molar-refractivity contribution in [2.75, 3.05) is 19.7 Å². The fraction of sp³-hybridized carbons (Fsp3) is 0.333. The number of benzene rings is 1. The first-order chi connectivity index (χ1) is 11.1. The molecule has 1 aliphatic rings. The maximum absolute atomic E-state index is 12.6. The van der Waals surface area contributed by atoms with E-state index in [1.165, 1.54) is 0 Å². The summed E-state index contributed by atoms with van der Waals surface area (Å²) in [4.78, 5) is 18.5. The molecule has 2 aromatic rings. The van der Waals surface area contributed by atoms with E-state index in [0.717, 1.165) is 16.7 Å². The number of aryl methyl sites for hydroxylation is 1. The molecular formula is C18H20N2O3. The van der Waals surface area contributed by atoms with Gasteiger partial charge in [-0.1, -0.05) is 12.1 Å². The van der Waals surface area contributed by atoms with Crippen molar-refractivity contribution >= 4 is 5.91 Å². The molecule has 5 heteroatoms. The molecule has 1 aliphatic heterocycles. The number of amides is 1. The minimum atomic E-state index is -0.196. The molecule has 23 heavy (non-hydrogen) atoms. The Bertz CT molecular complexity index is 702. The highest BCUT2D eigenvalue weighted by Crippen LogP contribution is 2.25. The van der Waals surface area contributed by atoms with E-state index in [2.05, 4.69) is 4.98 Å². The Morgan fingerprint density at radius 2 is 2.30 bits per heavy atom. The summed E-state index contributed by atoms with van der Waals surface area (Å²) in [6.45, 7) is 3.57. The summed E-state index contributed by atoms with van der Waals surface area (Å²) < 4.78 is 5.76. The van der Waals surface area contributed by atoms with E-state index in [4.69, 9.17) is 4.74 Å². The number of morpholine rings is 1. The normalized spacial score (nSPS) is 18.0. The number of ether oxygens (including phenoxy) is 1. The van der Waals surface area contributed by atoms with Gasteiger partial charge < -0.3 is 14.7 Å². The van der Waals surface area contributed by atoms with Gasteiger partial charge in [-0.3, -0.25) is 9.78 Å². The van der Waals surface area contributed by atoms with Crippen LogP contribution < -0.4 is 0 Å². The van der Waals surface area contributed by atoms with Gasteiger partial charge in [-0.05, 0) is 41.8 Å². The molecule has 0 radical (unpaired) electrons. The van der Waals surface area contributed by atoms with Gasteiger partial charge in [0.2, 0.25) is 5.91 Å². The van der Waals surface area contributed by atoms with Crippen molar-refractivity contribution in [3.05, 3.63) is 59.4 Å². The Labute approximate surface area is 135 Å². The van der Waals surface area contributed by atoms with E-state index >= 15 is 0 Å². The summed E-state index contributed by atoms with van der Waals surface area (Å²) in [7, 11) is 0. The summed E-state index contributed by atoms with van der Waals surface area (Å²) in [5.74, 6) is 0.301. The maximum Gasteiger partial charge on any atom is 0.227 e. The molecule has 2 heterocycles. The number of aromatic hydroxyl groups is 1. The fourth-order valence-electron chi connectivity index (χ4n) is 2.78. The number of carbonyl (C=O) groups excluding carboxylic acids is 1. The fourth-order valence-corrected chi connectivity index (χ4v) is 2.78. The Morgan fingerprint density at radius 1 is 1.43 bits per heavy atom. The number of hydrogen-bond acceptors (Lipinski definition) is 4. The lowest BCUT2D eigenvalue weighted by Crippen LogP contribution is -2.43. The Kier molecular flexibility index (Phi) is 4.57. The summed E-state index contributed by atoms with van der Waals surface area (Å²) in [6, 6.07) is 8.90. The molecule has 1 saturated heterocycles. The molecule has 5 nitrogen and oxygen atoms in total. The van der Waals surface area contributed by atoms with Crippen molar-refractivity contribution in [2.24, 2.45) is 0 Å². The molecular weight excluding hydrogens is 292 g/mol. The Balaban J connectivity index is 1.68. The average molecular weight is 312 g/mol. The van der Waals surface area contributed by atoms with Crippen LogP contribution in [-0.2, 0) is 16.0 Å². The number of carbonyl (C=O) groups is 1. The average Bonchev–Trinajstić information content (AvgIpc) is 2.57. The van der Waals surface area contributed by atoms with Crippen LogP contribution in [0.3, 0.4) is 0 Å². The van der Waals surface area contributed by atoms with Crippen LogP contribution in [0, 0.1) is 6.92 Å². The minimum Gasteiger partial charge on any atom is -0.508 e. The van der Waals surface area contributed by atoms with Crippen molar-refractivity contribution in [2.45, 2.75) is 19.4 Å². The standard InChI is InChI=1S/C18H20N2O3/c1-13-11-19-6-5-14(13)10-18(22)20-7-8-23-17(12-20)15-3-2-4-16(21)9-15/h2-6,9,11,17,21H,7-8,10,12H2,1H3. The summed E-state index contributed by atoms with van der Waals surface area (Å²) in [5.41, 5.74) is 2.92. The molecule has 1 fully saturated rings. The lowest BCUT2D eigenvalue weighted by atomic mass is 10.1. The summed E-state index contributed by atoms with van der Waals surface area (Å²) >= 11 is 0. The van der Waals surface area contributed by atoms with E-state index in [1.54, 1.807) is 30.6 Å². The van der Waals surface area contributed by atoms with Gasteiger partial charge in [-0.25, -0.2) is 0 Å². The number of hydrogen-bond donors (Lipinski definition) is 1. The van der Waals surface area contributed by atoms with Crippen LogP contribution in [-0.4, -0.2) is 40.6 Å². The highest BCUT2D eigenvalue weighted by molar-refractivity contribution is 5.79. The molecule has 120 valence electrons. The summed E-state index contributed by atoms with van der Waals surface area (Å²) in [6.07, 6.45) is 3.67. The minimum absolute atomic E-state index is 0.0905. The van der Waals surface area contributed by atoms with Crippen molar-refractivity contribution < 1.29 is 14.6 Å². The zero-order chi connectivity index (χ0) is 16.2. The van der Waals surface area contributed by atoms with Crippen molar-refractivity contribution in [3.63, 3.8) is 0 Å². The van der Waals surface area contributed by atoms with Gasteiger partial charge in [0.05, 0.1) is 19.6 Å². The highest BCUT2D eigenvalue weighted by atomic mass is 16.5. The van der Waals surface area contributed by atoms with E-state index < -0.39 is 0 Å². The molecule has 1 unspecified atom stereocenters. The van der Waals surface area contributed by atoms with Crippen molar-refractivity contribution in [1.82, 2.24) is 9.88 Å². The second kappa shape index (κ2) is 6.79. The zero-order valence-corrected chi connectivity index (χ0v) is 13.1. The lowest BCUT2D eigenvalue weighted by Gasteiger charge is -2.33. The van der Waals surface area contributed by atoms with Crippen LogP contribution in [0.5, 0.6) is 5.75 Å². The zero-order valence-electron chi connectivity index (χ0n) is 13.1. The van der Waals surface area contributed by atoms with Gasteiger partial charge in [0, 0.05) is 18.9 Å². The van der Waals surface area contributed by atoms with Crippen molar-refractivity contribution in [1.29, 1.82) is 0 Å². The molecule has 1 aromatic heterocycles. The van der Waals surface area contributed by atoms with Crippen LogP contribution in [0.4, 0.5) is 0 Å². The predicted molar refractivity (Wildman–Crippen MR) is 86.1 cm³/mol. The molecule has 0 aliphatic carbocycles. The van der Waals surface area contributed by atoms with Crippen molar-refractivity contribution in [3.8, 4) is 5.75 Å². The molecule has 1 atom stereocenters. The lowest BCUT2D eigenvalue weighted by molar-refractivity contribution is -0.138. The van der Waals surface area contributed by atoms with Crippen LogP contribution in [0.25, 0.3) is 0 Å². The quantitative estimate of drug-likeness (QED) is 0.944. The molecule has 0 bridgehead atoms. The highest BCUT2D eigenvalue weighted by Gasteiger charge is 2.25. The van der Waals surface area contributed by atoms with Gasteiger partial charge >= 0.3 is 0 Å². The molecule has 1 amide bonds. The molecule has 1 aromatic carbocycles. The van der Waals surface area contributed by atoms with Crippen LogP contribution >= 0.6 is 0 Å². The topological polar surface area (TPSA) is 62.7 Å². The SMILES string of the molecule is Cc1cnccc1CC(=O)N1CCOC(c2cccc(O)c2)C1. The van der Waals surface area contributed by atoms with Crippen LogP contribution in [0.15, 0.2) is 42.7 Å². The van der Waals surface area contributed by atoms with Gasteiger partial charge in [0.1, 0.15) is 11.9 Å². The van der Waals surface area contributed by atoms with Gasteiger partial charge in [-0.15, -0.1) is 0 Å². The largest absolute Gasteiger partial charge is 0.508 e. The smallest absolute Gasteiger partial charge is 0.227 e. The van der Waals surface area contributed by atoms with Crippen LogP contribution in [0.2, 0.25) is 0 Å². The number of pyridine rings is 1. The molecule has 0 saturated carbocycles. The van der Waals surface area contributed by atoms with Gasteiger partial charge in [-0.2, -0.15) is 0 Å². The van der Waals surface area contributed by atoms with E-state index in [9.17, 15) is 9.90 Å². The number of phenols is 1. The predicted octanol–water partition coefficient (Wildman–Crippen LogP) is 2.24. The van der Waals surface area contributed by atoms with E-state index in [0.29, 0.717) is 26.1 Å². The number of aromatic nitrogens is 1. The monoisotopic (exact) mass is 312 g/mol. The van der Waals surface area contributed by atoms with Gasteiger partial charge in [0.15, 0.2) is 0 Å². The summed E-state index contributed by atoms with van der Waals surface area (Å²) in [5, 5.41) is 9.60. The second-order valence-corrected chi connectivity index (χ2v) is 5.77. The van der Waals surface area contributed by atoms with E-state index in [-0.39, 0.29) is 17.8 Å². The van der Waals surface area contributed by atoms with Crippen LogP contribution in [0.1, 0.15) is 22.8 Å². The Morgan fingerprint density at radius 3 is 3.09 bits per heavy atom. The first-order valence-electron chi connectivity index (χ1n) is 7.71. The van der Waals surface area contributed by atoms with Gasteiger partial charge in [0.25, 0.3) is 0 Å². The maximum atomic E-state index is 12.6. The third-order valence-electron chi connectivity index (χ3n) is 4.14. The third-order valence-corrected chi connectivity index (χ3v) is 4.14. The molecule has 3 rings (SSSR count). The number of rotatable bonds is 3. The molecule has 1 N–H and O–H groups in total. The Hall–Kier alpha value is -2.40. The number of phenolic OH excluding ortho intramolecular Hbond substituents is 1. The third kappa shape index (κ3) is 3.68. The van der Waals surface area contributed by atoms with E-state index in [1.807, 2.05) is 24.0 Å². The first kappa shape index (κ1) is 15.5. The first-order valence-corrected chi connectivity index (χ1v) is 7.71. The second-order valence-electron chi connectivity index (χ2n) is 5.77.